The molecule has 0 saturated carbocycles. The summed E-state index contributed by atoms with van der Waals surface area (Å²) in [6.45, 7) is 6.47. The quantitative estimate of drug-likeness (QED) is 0.0261. The molecule has 0 radical (unpaired) electrons. The van der Waals surface area contributed by atoms with Crippen LogP contribution in [0.4, 0.5) is 0 Å². The van der Waals surface area contributed by atoms with E-state index in [0.29, 0.717) is 12.8 Å². The number of esters is 3. The van der Waals surface area contributed by atoms with Crippen LogP contribution in [0, 0.1) is 0 Å². The number of hydrogen-bond acceptors (Lipinski definition) is 6. The highest BCUT2D eigenvalue weighted by Crippen LogP contribution is 2.15. The molecule has 0 amide bonds. The zero-order valence-corrected chi connectivity index (χ0v) is 49.0. The van der Waals surface area contributed by atoms with Gasteiger partial charge in [0.15, 0.2) is 6.10 Å². The first-order valence-corrected chi connectivity index (χ1v) is 31.4. The van der Waals surface area contributed by atoms with Gasteiger partial charge in [0, 0.05) is 19.3 Å². The summed E-state index contributed by atoms with van der Waals surface area (Å²) in [5.41, 5.74) is 0. The van der Waals surface area contributed by atoms with Crippen molar-refractivity contribution in [3.8, 4) is 0 Å². The minimum Gasteiger partial charge on any atom is -0.462 e. The summed E-state index contributed by atoms with van der Waals surface area (Å²) in [6, 6.07) is 0. The van der Waals surface area contributed by atoms with Crippen molar-refractivity contribution in [3.05, 3.63) is 109 Å². The average Bonchev–Trinajstić information content (AvgIpc) is 3.41. The van der Waals surface area contributed by atoms with Gasteiger partial charge in [-0.05, 0) is 128 Å². The Morgan fingerprint density at radius 2 is 0.520 bits per heavy atom. The third-order valence-corrected chi connectivity index (χ3v) is 13.2. The van der Waals surface area contributed by atoms with Crippen LogP contribution in [-0.4, -0.2) is 37.2 Å². The fraction of sp³-hybridized carbons (Fsp3) is 0.696. The zero-order valence-electron chi connectivity index (χ0n) is 49.0. The van der Waals surface area contributed by atoms with Crippen molar-refractivity contribution in [1.29, 1.82) is 0 Å². The normalized spacial score (nSPS) is 12.8. The molecular formula is C69H116O6. The second kappa shape index (κ2) is 62.6. The SMILES string of the molecule is CC/C=C\C/C=C\C/C=C\C/C=C\C/C=C\CCCCCC(=O)OC(COC(=O)CCCCCCCCC/C=C\C/C=C\CCCCC)COC(=O)CCCCCCCCCCC/C=C\C/C=C\CCCCCCC. The van der Waals surface area contributed by atoms with Crippen LogP contribution in [0.2, 0.25) is 0 Å². The van der Waals surface area contributed by atoms with E-state index < -0.39 is 6.10 Å². The Morgan fingerprint density at radius 1 is 0.280 bits per heavy atom. The molecule has 0 rings (SSSR count). The van der Waals surface area contributed by atoms with Gasteiger partial charge in [0.05, 0.1) is 0 Å². The van der Waals surface area contributed by atoms with Crippen molar-refractivity contribution in [2.45, 2.75) is 297 Å². The standard InChI is InChI=1S/C69H116O6/c1-4-7-10-13-16-19-22-25-28-31-33-34-36-38-41-44-47-50-53-56-59-62-68(71)74-65-66(64-73-67(70)61-58-55-52-49-46-43-40-37-30-27-24-21-18-15-12-9-6-3)75-69(72)63-60-57-54-51-48-45-42-39-35-32-29-26-23-20-17-14-11-8-5-2/h8,11,17-18,20-22,25-27,29-31,33,35,39,45,48,66H,4-7,9-10,12-16,19,23-24,28,32,34,36-38,40-44,46-47,49-65H2,1-3H3/b11-8-,20-17-,21-18-,25-22-,29-26-,30-27-,33-31-,39-35-,48-45-. The minimum atomic E-state index is -0.804. The molecule has 6 heteroatoms. The monoisotopic (exact) mass is 1040 g/mol. The van der Waals surface area contributed by atoms with E-state index in [1.165, 1.54) is 135 Å². The van der Waals surface area contributed by atoms with Crippen molar-refractivity contribution in [2.24, 2.45) is 0 Å². The van der Waals surface area contributed by atoms with Gasteiger partial charge in [-0.25, -0.2) is 0 Å². The number of rotatable bonds is 56. The molecule has 0 spiro atoms. The molecule has 0 aliphatic rings. The molecule has 1 atom stereocenters. The first-order chi connectivity index (χ1) is 37.0. The van der Waals surface area contributed by atoms with Crippen LogP contribution in [0.5, 0.6) is 0 Å². The van der Waals surface area contributed by atoms with Gasteiger partial charge in [-0.2, -0.15) is 0 Å². The van der Waals surface area contributed by atoms with Crippen LogP contribution < -0.4 is 0 Å². The lowest BCUT2D eigenvalue weighted by atomic mass is 10.1. The van der Waals surface area contributed by atoms with Gasteiger partial charge in [-0.1, -0.05) is 252 Å². The molecule has 0 heterocycles. The van der Waals surface area contributed by atoms with Crippen molar-refractivity contribution < 1.29 is 28.6 Å². The largest absolute Gasteiger partial charge is 0.462 e. The van der Waals surface area contributed by atoms with Gasteiger partial charge in [0.1, 0.15) is 13.2 Å². The summed E-state index contributed by atoms with van der Waals surface area (Å²) >= 11 is 0. The second-order valence-electron chi connectivity index (χ2n) is 20.6. The van der Waals surface area contributed by atoms with Gasteiger partial charge < -0.3 is 14.2 Å². The van der Waals surface area contributed by atoms with Gasteiger partial charge in [0.25, 0.3) is 0 Å². The Morgan fingerprint density at radius 3 is 0.853 bits per heavy atom. The molecule has 0 bridgehead atoms. The average molecular weight is 1040 g/mol. The molecule has 0 saturated heterocycles. The maximum Gasteiger partial charge on any atom is 0.306 e. The third-order valence-electron chi connectivity index (χ3n) is 13.2. The minimum absolute atomic E-state index is 0.0972. The van der Waals surface area contributed by atoms with E-state index >= 15 is 0 Å². The fourth-order valence-corrected chi connectivity index (χ4v) is 8.53. The van der Waals surface area contributed by atoms with E-state index in [-0.39, 0.29) is 37.5 Å². The maximum atomic E-state index is 12.9. The molecule has 0 aliphatic carbocycles. The maximum absolute atomic E-state index is 12.9. The topological polar surface area (TPSA) is 78.9 Å². The molecule has 428 valence electrons. The van der Waals surface area contributed by atoms with Crippen LogP contribution in [0.15, 0.2) is 109 Å². The number of unbranched alkanes of at least 4 members (excludes halogenated alkanes) is 27. The summed E-state index contributed by atoms with van der Waals surface area (Å²) in [5.74, 6) is -0.936. The predicted molar refractivity (Wildman–Crippen MR) is 325 cm³/mol. The van der Waals surface area contributed by atoms with Crippen LogP contribution in [-0.2, 0) is 28.6 Å². The molecule has 6 nitrogen and oxygen atoms in total. The lowest BCUT2D eigenvalue weighted by Gasteiger charge is -2.18. The molecule has 0 aliphatic heterocycles. The summed E-state index contributed by atoms with van der Waals surface area (Å²) in [5, 5.41) is 0. The first-order valence-electron chi connectivity index (χ1n) is 31.4. The van der Waals surface area contributed by atoms with E-state index in [1.54, 1.807) is 0 Å². The van der Waals surface area contributed by atoms with E-state index in [4.69, 9.17) is 14.2 Å². The van der Waals surface area contributed by atoms with Gasteiger partial charge in [-0.3, -0.25) is 14.4 Å². The van der Waals surface area contributed by atoms with Crippen molar-refractivity contribution >= 4 is 17.9 Å². The zero-order chi connectivity index (χ0) is 54.3. The highest BCUT2D eigenvalue weighted by molar-refractivity contribution is 5.71. The van der Waals surface area contributed by atoms with Gasteiger partial charge in [0.2, 0.25) is 0 Å². The summed E-state index contributed by atoms with van der Waals surface area (Å²) in [7, 11) is 0. The number of carbonyl (C=O) groups is 3. The fourth-order valence-electron chi connectivity index (χ4n) is 8.53. The van der Waals surface area contributed by atoms with E-state index in [2.05, 4.69) is 130 Å². The Kier molecular flexibility index (Phi) is 59.3. The lowest BCUT2D eigenvalue weighted by Crippen LogP contribution is -2.30. The van der Waals surface area contributed by atoms with Crippen molar-refractivity contribution in [2.75, 3.05) is 13.2 Å². The molecule has 0 aromatic heterocycles. The molecule has 75 heavy (non-hydrogen) atoms. The first kappa shape index (κ1) is 71.1. The van der Waals surface area contributed by atoms with E-state index in [0.717, 1.165) is 116 Å². The van der Waals surface area contributed by atoms with Gasteiger partial charge in [-0.15, -0.1) is 0 Å². The highest BCUT2D eigenvalue weighted by atomic mass is 16.6. The van der Waals surface area contributed by atoms with Crippen LogP contribution in [0.1, 0.15) is 290 Å². The molecule has 0 aromatic carbocycles. The molecule has 0 aromatic rings. The smallest absolute Gasteiger partial charge is 0.306 e. The Balaban J connectivity index is 4.46. The van der Waals surface area contributed by atoms with Crippen LogP contribution >= 0.6 is 0 Å². The molecule has 0 fully saturated rings. The van der Waals surface area contributed by atoms with E-state index in [9.17, 15) is 14.4 Å². The number of hydrogen-bond donors (Lipinski definition) is 0. The lowest BCUT2D eigenvalue weighted by molar-refractivity contribution is -0.167. The van der Waals surface area contributed by atoms with Crippen molar-refractivity contribution in [3.63, 3.8) is 0 Å². The Hall–Kier alpha value is -3.93. The van der Waals surface area contributed by atoms with Crippen LogP contribution in [0.3, 0.4) is 0 Å². The third kappa shape index (κ3) is 60.8. The summed E-state index contributed by atoms with van der Waals surface area (Å²) in [6.07, 6.45) is 85.1. The Labute approximate surface area is 463 Å². The summed E-state index contributed by atoms with van der Waals surface area (Å²) in [4.78, 5) is 38.3. The molecular weight excluding hydrogens is 925 g/mol. The summed E-state index contributed by atoms with van der Waals surface area (Å²) < 4.78 is 16.9. The van der Waals surface area contributed by atoms with Crippen LogP contribution in [0.25, 0.3) is 0 Å². The molecule has 1 unspecified atom stereocenters. The van der Waals surface area contributed by atoms with E-state index in [1.807, 2.05) is 0 Å². The number of ether oxygens (including phenoxy) is 3. The number of allylic oxidation sites excluding steroid dienone is 18. The number of carbonyl (C=O) groups excluding carboxylic acids is 3. The van der Waals surface area contributed by atoms with Gasteiger partial charge >= 0.3 is 17.9 Å². The predicted octanol–water partition coefficient (Wildman–Crippen LogP) is 21.4. The van der Waals surface area contributed by atoms with Crippen molar-refractivity contribution in [1.82, 2.24) is 0 Å². The molecule has 0 N–H and O–H groups in total. The second-order valence-corrected chi connectivity index (χ2v) is 20.6. The Bertz CT molecular complexity index is 1520. The highest BCUT2D eigenvalue weighted by Gasteiger charge is 2.19.